The molecule has 0 unspecified atom stereocenters. The average Bonchev–Trinajstić information content (AvgIpc) is 2.41. The van der Waals surface area contributed by atoms with Gasteiger partial charge in [0.05, 0.1) is 0 Å². The minimum atomic E-state index is -0.395. The third-order valence-electron chi connectivity index (χ3n) is 3.36. The first-order chi connectivity index (χ1) is 9.08. The molecule has 0 atom stereocenters. The van der Waals surface area contributed by atoms with Crippen LogP contribution in [0.15, 0.2) is 18.2 Å². The third-order valence-corrected chi connectivity index (χ3v) is 3.36. The molecule has 1 fully saturated rings. The Balaban J connectivity index is 1.88. The van der Waals surface area contributed by atoms with Gasteiger partial charge in [0.1, 0.15) is 0 Å². The molecule has 1 aliphatic rings. The molecule has 1 aliphatic heterocycles. The summed E-state index contributed by atoms with van der Waals surface area (Å²) in [7, 11) is 2.03. The first-order valence-electron chi connectivity index (χ1n) is 6.42. The van der Waals surface area contributed by atoms with Gasteiger partial charge in [-0.25, -0.2) is 4.39 Å². The van der Waals surface area contributed by atoms with E-state index < -0.39 is 5.82 Å². The zero-order valence-electron chi connectivity index (χ0n) is 11.4. The van der Waals surface area contributed by atoms with Crippen molar-refractivity contribution in [1.82, 2.24) is 9.80 Å². The fraction of sp³-hybridized carbons (Fsp3) is 0.500. The maximum atomic E-state index is 13.7. The molecule has 104 valence electrons. The molecule has 0 aromatic heterocycles. The number of hydrogen-bond donors (Lipinski definition) is 0. The number of hydrogen-bond acceptors (Lipinski definition) is 3. The van der Waals surface area contributed by atoms with Crippen LogP contribution >= 0.6 is 0 Å². The van der Waals surface area contributed by atoms with Gasteiger partial charge >= 0.3 is 0 Å². The highest BCUT2D eigenvalue weighted by molar-refractivity contribution is 5.77. The number of piperazine rings is 1. The van der Waals surface area contributed by atoms with Crippen LogP contribution in [0, 0.1) is 12.7 Å². The molecule has 4 nitrogen and oxygen atoms in total. The van der Waals surface area contributed by atoms with E-state index in [1.165, 1.54) is 0 Å². The second-order valence-corrected chi connectivity index (χ2v) is 4.86. The lowest BCUT2D eigenvalue weighted by Gasteiger charge is -2.32. The summed E-state index contributed by atoms with van der Waals surface area (Å²) in [6.07, 6.45) is 0. The van der Waals surface area contributed by atoms with Crippen LogP contribution in [-0.4, -0.2) is 55.5 Å². The lowest BCUT2D eigenvalue weighted by Crippen LogP contribution is -2.48. The molecule has 0 radical (unpaired) electrons. The fourth-order valence-corrected chi connectivity index (χ4v) is 2.02. The van der Waals surface area contributed by atoms with Crippen molar-refractivity contribution >= 4 is 5.91 Å². The highest BCUT2D eigenvalue weighted by Gasteiger charge is 2.19. The normalized spacial score (nSPS) is 16.5. The van der Waals surface area contributed by atoms with E-state index in [0.717, 1.165) is 13.1 Å². The van der Waals surface area contributed by atoms with E-state index in [4.69, 9.17) is 4.74 Å². The second-order valence-electron chi connectivity index (χ2n) is 4.86. The number of carbonyl (C=O) groups excluding carboxylic acids is 1. The van der Waals surface area contributed by atoms with Crippen molar-refractivity contribution in [2.24, 2.45) is 0 Å². The summed E-state index contributed by atoms with van der Waals surface area (Å²) in [5.41, 5.74) is 0.518. The monoisotopic (exact) mass is 266 g/mol. The van der Waals surface area contributed by atoms with Gasteiger partial charge in [-0.1, -0.05) is 12.1 Å². The summed E-state index contributed by atoms with van der Waals surface area (Å²) in [6, 6.07) is 4.93. The van der Waals surface area contributed by atoms with Crippen molar-refractivity contribution in [2.45, 2.75) is 6.92 Å². The lowest BCUT2D eigenvalue weighted by molar-refractivity contribution is -0.134. The molecule has 0 N–H and O–H groups in total. The first kappa shape index (κ1) is 13.8. The minimum absolute atomic E-state index is 0.0889. The van der Waals surface area contributed by atoms with Crippen LogP contribution in [0.5, 0.6) is 5.75 Å². The SMILES string of the molecule is Cc1cccc(OCC(=O)N2CCN(C)CC2)c1F. The Morgan fingerprint density at radius 3 is 2.68 bits per heavy atom. The molecular weight excluding hydrogens is 247 g/mol. The third kappa shape index (κ3) is 3.44. The number of benzene rings is 1. The standard InChI is InChI=1S/C14H19FN2O2/c1-11-4-3-5-12(14(11)15)19-10-13(18)17-8-6-16(2)7-9-17/h3-5H,6-10H2,1-2H3. The molecule has 1 aromatic rings. The van der Waals surface area contributed by atoms with Crippen molar-refractivity contribution < 1.29 is 13.9 Å². The summed E-state index contributed by atoms with van der Waals surface area (Å²) in [6.45, 7) is 4.70. The maximum absolute atomic E-state index is 13.7. The Kier molecular flexibility index (Phi) is 4.37. The average molecular weight is 266 g/mol. The first-order valence-corrected chi connectivity index (χ1v) is 6.42. The quantitative estimate of drug-likeness (QED) is 0.826. The molecule has 0 bridgehead atoms. The summed E-state index contributed by atoms with van der Waals surface area (Å²) >= 11 is 0. The summed E-state index contributed by atoms with van der Waals surface area (Å²) < 4.78 is 19.0. The molecule has 19 heavy (non-hydrogen) atoms. The van der Waals surface area contributed by atoms with E-state index in [2.05, 4.69) is 4.90 Å². The van der Waals surface area contributed by atoms with Gasteiger partial charge in [-0.05, 0) is 25.6 Å². The van der Waals surface area contributed by atoms with Gasteiger partial charge < -0.3 is 14.5 Å². The van der Waals surface area contributed by atoms with Gasteiger partial charge in [-0.2, -0.15) is 0 Å². The Bertz CT molecular complexity index is 457. The molecule has 0 saturated carbocycles. The Hall–Kier alpha value is -1.62. The van der Waals surface area contributed by atoms with Gasteiger partial charge in [0.15, 0.2) is 18.2 Å². The number of likely N-dealkylation sites (N-methyl/N-ethyl adjacent to an activating group) is 1. The molecule has 1 heterocycles. The number of carbonyl (C=O) groups is 1. The summed E-state index contributed by atoms with van der Waals surface area (Å²) in [5.74, 6) is -0.342. The van der Waals surface area contributed by atoms with Crippen LogP contribution in [0.1, 0.15) is 5.56 Å². The molecule has 0 aliphatic carbocycles. The Labute approximate surface area is 112 Å². The van der Waals surface area contributed by atoms with Crippen molar-refractivity contribution in [3.8, 4) is 5.75 Å². The molecule has 5 heteroatoms. The van der Waals surface area contributed by atoms with Crippen molar-refractivity contribution in [2.75, 3.05) is 39.8 Å². The van der Waals surface area contributed by atoms with Gasteiger partial charge in [0.25, 0.3) is 5.91 Å². The number of amides is 1. The number of aryl methyl sites for hydroxylation is 1. The van der Waals surface area contributed by atoms with E-state index in [1.807, 2.05) is 7.05 Å². The zero-order chi connectivity index (χ0) is 13.8. The van der Waals surface area contributed by atoms with Crippen molar-refractivity contribution in [1.29, 1.82) is 0 Å². The topological polar surface area (TPSA) is 32.8 Å². The van der Waals surface area contributed by atoms with Crippen molar-refractivity contribution in [3.63, 3.8) is 0 Å². The highest BCUT2D eigenvalue weighted by atomic mass is 19.1. The van der Waals surface area contributed by atoms with Crippen LogP contribution < -0.4 is 4.74 Å². The predicted molar refractivity (Wildman–Crippen MR) is 70.7 cm³/mol. The summed E-state index contributed by atoms with van der Waals surface area (Å²) in [5, 5.41) is 0. The molecule has 0 spiro atoms. The van der Waals surface area contributed by atoms with E-state index in [-0.39, 0.29) is 18.3 Å². The number of ether oxygens (including phenoxy) is 1. The predicted octanol–water partition coefficient (Wildman–Crippen LogP) is 1.29. The number of rotatable bonds is 3. The second kappa shape index (κ2) is 6.02. The molecule has 1 amide bonds. The van der Waals surface area contributed by atoms with Gasteiger partial charge in [0, 0.05) is 26.2 Å². The summed E-state index contributed by atoms with van der Waals surface area (Å²) in [4.78, 5) is 15.9. The van der Waals surface area contributed by atoms with E-state index in [9.17, 15) is 9.18 Å². The van der Waals surface area contributed by atoms with Crippen molar-refractivity contribution in [3.05, 3.63) is 29.6 Å². The largest absolute Gasteiger partial charge is 0.481 e. The molecule has 1 aromatic carbocycles. The maximum Gasteiger partial charge on any atom is 0.260 e. The van der Waals surface area contributed by atoms with Crippen LogP contribution in [0.4, 0.5) is 4.39 Å². The van der Waals surface area contributed by atoms with Crippen LogP contribution in [0.25, 0.3) is 0 Å². The number of halogens is 1. The molecule has 2 rings (SSSR count). The smallest absolute Gasteiger partial charge is 0.260 e. The fourth-order valence-electron chi connectivity index (χ4n) is 2.02. The Morgan fingerprint density at radius 2 is 2.00 bits per heavy atom. The minimum Gasteiger partial charge on any atom is -0.481 e. The molecule has 1 saturated heterocycles. The Morgan fingerprint density at radius 1 is 1.32 bits per heavy atom. The lowest BCUT2D eigenvalue weighted by atomic mass is 10.2. The van der Waals surface area contributed by atoms with Gasteiger partial charge in [0.2, 0.25) is 0 Å². The van der Waals surface area contributed by atoms with Crippen LogP contribution in [-0.2, 0) is 4.79 Å². The van der Waals surface area contributed by atoms with Crippen LogP contribution in [0.3, 0.4) is 0 Å². The van der Waals surface area contributed by atoms with E-state index in [0.29, 0.717) is 18.7 Å². The van der Waals surface area contributed by atoms with E-state index >= 15 is 0 Å². The van der Waals surface area contributed by atoms with Gasteiger partial charge in [-0.15, -0.1) is 0 Å². The van der Waals surface area contributed by atoms with E-state index in [1.54, 1.807) is 30.0 Å². The zero-order valence-corrected chi connectivity index (χ0v) is 11.4. The van der Waals surface area contributed by atoms with Crippen LogP contribution in [0.2, 0.25) is 0 Å². The number of nitrogens with zero attached hydrogens (tertiary/aromatic N) is 2. The highest BCUT2D eigenvalue weighted by Crippen LogP contribution is 2.19. The van der Waals surface area contributed by atoms with Gasteiger partial charge in [-0.3, -0.25) is 4.79 Å². The molecular formula is C14H19FN2O2.